The van der Waals surface area contributed by atoms with Crippen LogP contribution in [0, 0.1) is 5.92 Å². The van der Waals surface area contributed by atoms with Gasteiger partial charge in [-0.2, -0.15) is 0 Å². The molecule has 0 aliphatic heterocycles. The lowest BCUT2D eigenvalue weighted by Crippen LogP contribution is -2.20. The van der Waals surface area contributed by atoms with Crippen LogP contribution in [0.2, 0.25) is 0 Å². The minimum atomic E-state index is -0.622. The second-order valence-corrected chi connectivity index (χ2v) is 6.51. The van der Waals surface area contributed by atoms with Gasteiger partial charge in [0.1, 0.15) is 0 Å². The highest BCUT2D eigenvalue weighted by molar-refractivity contribution is 7.09. The first-order chi connectivity index (χ1) is 8.74. The van der Waals surface area contributed by atoms with Crippen molar-refractivity contribution in [2.45, 2.75) is 56.8 Å². The fraction of sp³-hybridized carbons (Fsp3) is 0.714. The molecule has 4 heteroatoms. The molecule has 1 heterocycles. The Labute approximate surface area is 111 Å². The number of hydrogen-bond donors (Lipinski definition) is 1. The Hall–Kier alpha value is -0.900. The molecule has 18 heavy (non-hydrogen) atoms. The summed E-state index contributed by atoms with van der Waals surface area (Å²) in [5.41, 5.74) is 1.29. The van der Waals surface area contributed by atoms with Crippen LogP contribution in [-0.2, 0) is 4.79 Å². The molecule has 1 aromatic heterocycles. The van der Waals surface area contributed by atoms with Crippen LogP contribution in [-0.4, -0.2) is 16.1 Å². The second-order valence-electron chi connectivity index (χ2n) is 5.63. The Kier molecular flexibility index (Phi) is 3.37. The molecule has 0 aromatic carbocycles. The van der Waals surface area contributed by atoms with E-state index in [1.54, 1.807) is 11.3 Å². The fourth-order valence-electron chi connectivity index (χ4n) is 2.97. The highest BCUT2D eigenvalue weighted by Gasteiger charge is 2.29. The molecule has 2 aliphatic rings. The summed E-state index contributed by atoms with van der Waals surface area (Å²) in [4.78, 5) is 15.7. The molecule has 0 atom stereocenters. The fourth-order valence-corrected chi connectivity index (χ4v) is 4.04. The predicted octanol–water partition coefficient (Wildman–Crippen LogP) is 3.77. The van der Waals surface area contributed by atoms with Crippen molar-refractivity contribution in [1.82, 2.24) is 4.98 Å². The molecule has 0 spiro atoms. The molecule has 2 aliphatic carbocycles. The average molecular weight is 265 g/mol. The summed E-state index contributed by atoms with van der Waals surface area (Å²) < 4.78 is 0. The van der Waals surface area contributed by atoms with Gasteiger partial charge in [-0.15, -0.1) is 11.3 Å². The van der Waals surface area contributed by atoms with Crippen LogP contribution in [0.15, 0.2) is 5.38 Å². The Morgan fingerprint density at radius 1 is 1.17 bits per heavy atom. The molecule has 3 nitrogen and oxygen atoms in total. The molecule has 3 rings (SSSR count). The maximum Gasteiger partial charge on any atom is 0.306 e. The number of nitrogens with zero attached hydrogens (tertiary/aromatic N) is 1. The Morgan fingerprint density at radius 2 is 1.89 bits per heavy atom. The average Bonchev–Trinajstić information content (AvgIpc) is 2.76. The van der Waals surface area contributed by atoms with Crippen molar-refractivity contribution in [3.8, 4) is 0 Å². The molecule has 2 saturated carbocycles. The van der Waals surface area contributed by atoms with Crippen molar-refractivity contribution in [3.63, 3.8) is 0 Å². The standard InChI is InChI=1S/C14H19NO2S/c16-14(17)11-6-4-10(5-7-11)13-15-12(8-18-13)9-2-1-3-9/h8-11H,1-7H2,(H,16,17). The Bertz CT molecular complexity index is 431. The van der Waals surface area contributed by atoms with Crippen LogP contribution in [0.1, 0.15) is 67.5 Å². The van der Waals surface area contributed by atoms with Gasteiger partial charge >= 0.3 is 5.97 Å². The SMILES string of the molecule is O=C(O)C1CCC(c2nc(C3CCC3)cs2)CC1. The van der Waals surface area contributed by atoms with Gasteiger partial charge in [0.15, 0.2) is 0 Å². The molecule has 0 saturated heterocycles. The van der Waals surface area contributed by atoms with Gasteiger partial charge in [0, 0.05) is 17.2 Å². The van der Waals surface area contributed by atoms with Gasteiger partial charge in [0.2, 0.25) is 0 Å². The number of hydrogen-bond acceptors (Lipinski definition) is 3. The zero-order valence-electron chi connectivity index (χ0n) is 10.5. The lowest BCUT2D eigenvalue weighted by atomic mass is 9.82. The van der Waals surface area contributed by atoms with Crippen LogP contribution in [0.3, 0.4) is 0 Å². The molecule has 0 amide bonds. The number of carboxylic acids is 1. The van der Waals surface area contributed by atoms with Gasteiger partial charge in [-0.1, -0.05) is 6.42 Å². The number of rotatable bonds is 3. The van der Waals surface area contributed by atoms with Crippen LogP contribution in [0.25, 0.3) is 0 Å². The van der Waals surface area contributed by atoms with Crippen LogP contribution < -0.4 is 0 Å². The second kappa shape index (κ2) is 5.00. The third kappa shape index (κ3) is 2.30. The zero-order chi connectivity index (χ0) is 12.5. The van der Waals surface area contributed by atoms with Crippen LogP contribution in [0.4, 0.5) is 0 Å². The number of aliphatic carboxylic acids is 1. The Balaban J connectivity index is 1.62. The molecule has 1 N–H and O–H groups in total. The van der Waals surface area contributed by atoms with Crippen molar-refractivity contribution in [1.29, 1.82) is 0 Å². The summed E-state index contributed by atoms with van der Waals surface area (Å²) in [5, 5.41) is 12.5. The molecule has 2 fully saturated rings. The quantitative estimate of drug-likeness (QED) is 0.905. The van der Waals surface area contributed by atoms with Crippen molar-refractivity contribution in [2.24, 2.45) is 5.92 Å². The molecular weight excluding hydrogens is 246 g/mol. The largest absolute Gasteiger partial charge is 0.481 e. The summed E-state index contributed by atoms with van der Waals surface area (Å²) in [6, 6.07) is 0. The minimum absolute atomic E-state index is 0.118. The van der Waals surface area contributed by atoms with Gasteiger partial charge < -0.3 is 5.11 Å². The topological polar surface area (TPSA) is 50.2 Å². The molecule has 0 bridgehead atoms. The van der Waals surface area contributed by atoms with Gasteiger partial charge in [0.25, 0.3) is 0 Å². The number of carbonyl (C=O) groups is 1. The third-order valence-electron chi connectivity index (χ3n) is 4.49. The van der Waals surface area contributed by atoms with Gasteiger partial charge in [-0.3, -0.25) is 4.79 Å². The number of aromatic nitrogens is 1. The highest BCUT2D eigenvalue weighted by Crippen LogP contribution is 2.41. The van der Waals surface area contributed by atoms with E-state index in [1.165, 1.54) is 30.0 Å². The number of carboxylic acid groups (broad SMARTS) is 1. The van der Waals surface area contributed by atoms with Gasteiger partial charge in [-0.25, -0.2) is 4.98 Å². The molecule has 0 radical (unpaired) electrons. The van der Waals surface area contributed by atoms with Crippen molar-refractivity contribution in [2.75, 3.05) is 0 Å². The van der Waals surface area contributed by atoms with Crippen molar-refractivity contribution in [3.05, 3.63) is 16.1 Å². The van der Waals surface area contributed by atoms with E-state index in [9.17, 15) is 4.79 Å². The van der Waals surface area contributed by atoms with E-state index in [-0.39, 0.29) is 5.92 Å². The van der Waals surface area contributed by atoms with E-state index in [1.807, 2.05) is 0 Å². The van der Waals surface area contributed by atoms with E-state index in [4.69, 9.17) is 10.1 Å². The van der Waals surface area contributed by atoms with Crippen molar-refractivity contribution < 1.29 is 9.90 Å². The van der Waals surface area contributed by atoms with E-state index in [0.29, 0.717) is 11.8 Å². The maximum absolute atomic E-state index is 10.9. The predicted molar refractivity (Wildman–Crippen MR) is 71.0 cm³/mol. The monoisotopic (exact) mass is 265 g/mol. The first kappa shape index (κ1) is 12.2. The smallest absolute Gasteiger partial charge is 0.306 e. The third-order valence-corrected chi connectivity index (χ3v) is 5.51. The lowest BCUT2D eigenvalue weighted by molar-refractivity contribution is -0.142. The highest BCUT2D eigenvalue weighted by atomic mass is 32.1. The zero-order valence-corrected chi connectivity index (χ0v) is 11.3. The summed E-state index contributed by atoms with van der Waals surface area (Å²) in [7, 11) is 0. The minimum Gasteiger partial charge on any atom is -0.481 e. The summed E-state index contributed by atoms with van der Waals surface area (Å²) in [6.45, 7) is 0. The van der Waals surface area contributed by atoms with Crippen LogP contribution >= 0.6 is 11.3 Å². The molecule has 98 valence electrons. The van der Waals surface area contributed by atoms with Gasteiger partial charge in [-0.05, 0) is 38.5 Å². The normalized spacial score (nSPS) is 28.9. The maximum atomic E-state index is 10.9. The van der Waals surface area contributed by atoms with Crippen LogP contribution in [0.5, 0.6) is 0 Å². The summed E-state index contributed by atoms with van der Waals surface area (Å²) in [6.07, 6.45) is 7.57. The Morgan fingerprint density at radius 3 is 2.44 bits per heavy atom. The summed E-state index contributed by atoms with van der Waals surface area (Å²) in [5.74, 6) is 0.486. The molecular formula is C14H19NO2S. The first-order valence-corrected chi connectivity index (χ1v) is 7.80. The van der Waals surface area contributed by atoms with Crippen molar-refractivity contribution >= 4 is 17.3 Å². The number of thiazole rings is 1. The molecule has 1 aromatic rings. The van der Waals surface area contributed by atoms with E-state index >= 15 is 0 Å². The van der Waals surface area contributed by atoms with E-state index in [2.05, 4.69) is 5.38 Å². The van der Waals surface area contributed by atoms with E-state index < -0.39 is 5.97 Å². The van der Waals surface area contributed by atoms with E-state index in [0.717, 1.165) is 25.7 Å². The van der Waals surface area contributed by atoms with Gasteiger partial charge in [0.05, 0.1) is 16.6 Å². The summed E-state index contributed by atoms with van der Waals surface area (Å²) >= 11 is 1.78. The first-order valence-electron chi connectivity index (χ1n) is 6.92. The molecule has 0 unspecified atom stereocenters. The lowest BCUT2D eigenvalue weighted by Gasteiger charge is -2.25.